The average Bonchev–Trinajstić information content (AvgIpc) is 2.30. The van der Waals surface area contributed by atoms with Gasteiger partial charge in [-0.1, -0.05) is 25.2 Å². The number of hydrogen-bond acceptors (Lipinski definition) is 1. The molecule has 2 rings (SSSR count). The zero-order valence-corrected chi connectivity index (χ0v) is 10.8. The standard InChI is InChI=1S/C15H25N/c1-12(2)14-4-6-15(7-5-14)16-10-8-13(3)9-11-16/h6,13-14H,1,4-5,7-11H2,2-3H3/t14-/m0/s1. The molecule has 16 heavy (non-hydrogen) atoms. The maximum Gasteiger partial charge on any atom is 0.0177 e. The van der Waals surface area contributed by atoms with Crippen LogP contribution >= 0.6 is 0 Å². The van der Waals surface area contributed by atoms with E-state index in [9.17, 15) is 0 Å². The summed E-state index contributed by atoms with van der Waals surface area (Å²) in [6.07, 6.45) is 9.02. The molecule has 0 bridgehead atoms. The van der Waals surface area contributed by atoms with Gasteiger partial charge in [0.1, 0.15) is 0 Å². The first-order valence-electron chi connectivity index (χ1n) is 6.76. The predicted octanol–water partition coefficient (Wildman–Crippen LogP) is 3.98. The Morgan fingerprint density at radius 3 is 2.50 bits per heavy atom. The SMILES string of the molecule is C=C(C)[C@H]1CC=C(N2CCC(C)CC2)CC1. The van der Waals surface area contributed by atoms with E-state index in [1.54, 1.807) is 5.70 Å². The first-order valence-corrected chi connectivity index (χ1v) is 6.76. The minimum absolute atomic E-state index is 0.743. The Bertz CT molecular complexity index is 282. The first kappa shape index (κ1) is 11.8. The number of allylic oxidation sites excluding steroid dienone is 3. The highest BCUT2D eigenvalue weighted by atomic mass is 15.1. The molecule has 0 aromatic carbocycles. The predicted molar refractivity (Wildman–Crippen MR) is 70.2 cm³/mol. The summed E-state index contributed by atoms with van der Waals surface area (Å²) in [6.45, 7) is 11.2. The van der Waals surface area contributed by atoms with Gasteiger partial charge in [0.15, 0.2) is 0 Å². The Morgan fingerprint density at radius 1 is 1.31 bits per heavy atom. The highest BCUT2D eigenvalue weighted by Crippen LogP contribution is 2.31. The molecule has 0 aromatic heterocycles. The molecule has 0 amide bonds. The molecule has 1 heterocycles. The number of likely N-dealkylation sites (tertiary alicyclic amines) is 1. The van der Waals surface area contributed by atoms with Crippen LogP contribution in [0.2, 0.25) is 0 Å². The third kappa shape index (κ3) is 2.69. The van der Waals surface area contributed by atoms with E-state index in [2.05, 4.69) is 31.4 Å². The zero-order valence-electron chi connectivity index (χ0n) is 10.8. The molecule has 1 fully saturated rings. The van der Waals surface area contributed by atoms with E-state index in [4.69, 9.17) is 0 Å². The summed E-state index contributed by atoms with van der Waals surface area (Å²) in [7, 11) is 0. The van der Waals surface area contributed by atoms with Gasteiger partial charge in [-0.2, -0.15) is 0 Å². The van der Waals surface area contributed by atoms with E-state index in [1.807, 2.05) is 0 Å². The number of piperidine rings is 1. The molecule has 0 spiro atoms. The van der Waals surface area contributed by atoms with Crippen molar-refractivity contribution in [2.24, 2.45) is 11.8 Å². The third-order valence-electron chi connectivity index (χ3n) is 4.27. The lowest BCUT2D eigenvalue weighted by molar-refractivity contribution is 0.224. The van der Waals surface area contributed by atoms with Crippen molar-refractivity contribution < 1.29 is 0 Å². The average molecular weight is 219 g/mol. The van der Waals surface area contributed by atoms with Crippen LogP contribution in [-0.2, 0) is 0 Å². The molecule has 0 aromatic rings. The summed E-state index contributed by atoms with van der Waals surface area (Å²) in [5.41, 5.74) is 2.98. The van der Waals surface area contributed by atoms with Gasteiger partial charge in [-0.05, 0) is 50.9 Å². The van der Waals surface area contributed by atoms with Crippen molar-refractivity contribution in [3.63, 3.8) is 0 Å². The van der Waals surface area contributed by atoms with Gasteiger partial charge >= 0.3 is 0 Å². The van der Waals surface area contributed by atoms with Crippen LogP contribution in [0.5, 0.6) is 0 Å². The summed E-state index contributed by atoms with van der Waals surface area (Å²) in [4.78, 5) is 2.62. The largest absolute Gasteiger partial charge is 0.375 e. The molecule has 1 aliphatic heterocycles. The molecule has 1 saturated heterocycles. The van der Waals surface area contributed by atoms with Crippen LogP contribution in [-0.4, -0.2) is 18.0 Å². The van der Waals surface area contributed by atoms with Crippen LogP contribution in [0.3, 0.4) is 0 Å². The first-order chi connectivity index (χ1) is 7.66. The van der Waals surface area contributed by atoms with E-state index >= 15 is 0 Å². The second-order valence-electron chi connectivity index (χ2n) is 5.68. The van der Waals surface area contributed by atoms with Gasteiger partial charge < -0.3 is 4.90 Å². The lowest BCUT2D eigenvalue weighted by Crippen LogP contribution is -2.33. The van der Waals surface area contributed by atoms with Crippen LogP contribution in [0.4, 0.5) is 0 Å². The van der Waals surface area contributed by atoms with Crippen molar-refractivity contribution in [2.45, 2.75) is 46.0 Å². The third-order valence-corrected chi connectivity index (χ3v) is 4.27. The molecule has 0 unspecified atom stereocenters. The Morgan fingerprint density at radius 2 is 2.00 bits per heavy atom. The topological polar surface area (TPSA) is 3.24 Å². The molecular formula is C15H25N. The Balaban J connectivity index is 1.89. The minimum Gasteiger partial charge on any atom is -0.375 e. The summed E-state index contributed by atoms with van der Waals surface area (Å²) in [6, 6.07) is 0. The summed E-state index contributed by atoms with van der Waals surface area (Å²) < 4.78 is 0. The highest BCUT2D eigenvalue weighted by molar-refractivity contribution is 5.12. The molecule has 90 valence electrons. The van der Waals surface area contributed by atoms with Gasteiger partial charge in [0.05, 0.1) is 0 Å². The fourth-order valence-corrected chi connectivity index (χ4v) is 2.85. The smallest absolute Gasteiger partial charge is 0.0177 e. The van der Waals surface area contributed by atoms with Crippen LogP contribution in [0.25, 0.3) is 0 Å². The van der Waals surface area contributed by atoms with Crippen molar-refractivity contribution in [3.05, 3.63) is 23.9 Å². The second-order valence-corrected chi connectivity index (χ2v) is 5.68. The van der Waals surface area contributed by atoms with E-state index in [1.165, 1.54) is 50.8 Å². The normalized spacial score (nSPS) is 27.8. The van der Waals surface area contributed by atoms with E-state index in [0.29, 0.717) is 0 Å². The van der Waals surface area contributed by atoms with Crippen molar-refractivity contribution in [1.82, 2.24) is 4.90 Å². The fourth-order valence-electron chi connectivity index (χ4n) is 2.85. The molecule has 1 nitrogen and oxygen atoms in total. The van der Waals surface area contributed by atoms with Gasteiger partial charge in [0, 0.05) is 18.8 Å². The molecule has 1 heteroatoms. The summed E-state index contributed by atoms with van der Waals surface area (Å²) in [5.74, 6) is 1.68. The fraction of sp³-hybridized carbons (Fsp3) is 0.733. The van der Waals surface area contributed by atoms with Crippen molar-refractivity contribution in [2.75, 3.05) is 13.1 Å². The molecule has 1 aliphatic carbocycles. The lowest BCUT2D eigenvalue weighted by atomic mass is 9.86. The van der Waals surface area contributed by atoms with Gasteiger partial charge in [-0.25, -0.2) is 0 Å². The Kier molecular flexibility index (Phi) is 3.73. The van der Waals surface area contributed by atoms with E-state index < -0.39 is 0 Å². The van der Waals surface area contributed by atoms with Gasteiger partial charge in [0.25, 0.3) is 0 Å². The summed E-state index contributed by atoms with van der Waals surface area (Å²) in [5, 5.41) is 0. The number of nitrogens with zero attached hydrogens (tertiary/aromatic N) is 1. The van der Waals surface area contributed by atoms with Crippen LogP contribution in [0.15, 0.2) is 23.9 Å². The number of hydrogen-bond donors (Lipinski definition) is 0. The maximum absolute atomic E-state index is 4.08. The van der Waals surface area contributed by atoms with Crippen LogP contribution < -0.4 is 0 Å². The molecule has 1 atom stereocenters. The molecule has 0 saturated carbocycles. The summed E-state index contributed by atoms with van der Waals surface area (Å²) >= 11 is 0. The van der Waals surface area contributed by atoms with Crippen LogP contribution in [0.1, 0.15) is 46.0 Å². The molecule has 0 N–H and O–H groups in total. The van der Waals surface area contributed by atoms with Crippen molar-refractivity contribution >= 4 is 0 Å². The van der Waals surface area contributed by atoms with Gasteiger partial charge in [0.2, 0.25) is 0 Å². The van der Waals surface area contributed by atoms with Crippen LogP contribution in [0, 0.1) is 11.8 Å². The number of rotatable bonds is 2. The highest BCUT2D eigenvalue weighted by Gasteiger charge is 2.21. The van der Waals surface area contributed by atoms with Crippen molar-refractivity contribution in [3.8, 4) is 0 Å². The zero-order chi connectivity index (χ0) is 11.5. The monoisotopic (exact) mass is 219 g/mol. The lowest BCUT2D eigenvalue weighted by Gasteiger charge is -2.36. The maximum atomic E-state index is 4.08. The van der Waals surface area contributed by atoms with E-state index in [0.717, 1.165) is 11.8 Å². The Labute approximate surface area is 100 Å². The van der Waals surface area contributed by atoms with Gasteiger partial charge in [-0.3, -0.25) is 0 Å². The van der Waals surface area contributed by atoms with Crippen molar-refractivity contribution in [1.29, 1.82) is 0 Å². The Hall–Kier alpha value is -0.720. The quantitative estimate of drug-likeness (QED) is 0.635. The van der Waals surface area contributed by atoms with Gasteiger partial charge in [-0.15, -0.1) is 0 Å². The molecular weight excluding hydrogens is 194 g/mol. The minimum atomic E-state index is 0.743. The molecule has 0 radical (unpaired) electrons. The molecule has 2 aliphatic rings. The second kappa shape index (κ2) is 5.07. The van der Waals surface area contributed by atoms with E-state index in [-0.39, 0.29) is 0 Å².